The molecule has 2 rings (SSSR count). The van der Waals surface area contributed by atoms with Crippen molar-refractivity contribution in [2.45, 2.75) is 13.5 Å². The van der Waals surface area contributed by atoms with Crippen LogP contribution in [0.4, 0.5) is 11.9 Å². The predicted octanol–water partition coefficient (Wildman–Crippen LogP) is 1.73. The lowest BCUT2D eigenvalue weighted by Crippen LogP contribution is -2.24. The van der Waals surface area contributed by atoms with Crippen molar-refractivity contribution in [3.8, 4) is 0 Å². The molecule has 0 aliphatic heterocycles. The molecule has 2 aromatic heterocycles. The molecule has 2 aromatic rings. The van der Waals surface area contributed by atoms with Gasteiger partial charge in [0.25, 0.3) is 0 Å². The van der Waals surface area contributed by atoms with E-state index in [0.717, 1.165) is 5.76 Å². The standard InChI is InChI=1S/C10H12ClN5O/c1-2-16(6-7-4-3-5-17-7)10-14-8(11)13-9(12)15-10/h3-5H,2,6H2,1H3,(H2,12,13,14,15). The van der Waals surface area contributed by atoms with Crippen molar-refractivity contribution in [3.05, 3.63) is 29.4 Å². The van der Waals surface area contributed by atoms with E-state index in [1.54, 1.807) is 6.26 Å². The van der Waals surface area contributed by atoms with Gasteiger partial charge in [-0.2, -0.15) is 15.0 Å². The molecular weight excluding hydrogens is 242 g/mol. The number of hydrogen-bond acceptors (Lipinski definition) is 6. The van der Waals surface area contributed by atoms with Crippen molar-refractivity contribution < 1.29 is 4.42 Å². The summed E-state index contributed by atoms with van der Waals surface area (Å²) in [4.78, 5) is 13.7. The lowest BCUT2D eigenvalue weighted by Gasteiger charge is -2.19. The van der Waals surface area contributed by atoms with Crippen molar-refractivity contribution in [2.75, 3.05) is 17.2 Å². The molecule has 7 heteroatoms. The Labute approximate surface area is 103 Å². The number of furan rings is 1. The number of nitrogens with zero attached hydrogens (tertiary/aromatic N) is 4. The summed E-state index contributed by atoms with van der Waals surface area (Å²) in [5.74, 6) is 1.38. The molecule has 6 nitrogen and oxygen atoms in total. The van der Waals surface area contributed by atoms with E-state index in [9.17, 15) is 0 Å². The quantitative estimate of drug-likeness (QED) is 0.894. The van der Waals surface area contributed by atoms with Gasteiger partial charge in [0.2, 0.25) is 17.2 Å². The van der Waals surface area contributed by atoms with E-state index in [1.165, 1.54) is 0 Å². The fourth-order valence-electron chi connectivity index (χ4n) is 1.41. The number of hydrogen-bond donors (Lipinski definition) is 1. The zero-order valence-electron chi connectivity index (χ0n) is 9.30. The largest absolute Gasteiger partial charge is 0.467 e. The van der Waals surface area contributed by atoms with Gasteiger partial charge in [-0.25, -0.2) is 0 Å². The highest BCUT2D eigenvalue weighted by Gasteiger charge is 2.12. The zero-order valence-corrected chi connectivity index (χ0v) is 10.1. The Bertz CT molecular complexity index is 467. The van der Waals surface area contributed by atoms with Gasteiger partial charge in [-0.3, -0.25) is 0 Å². The van der Waals surface area contributed by atoms with Gasteiger partial charge in [-0.15, -0.1) is 0 Å². The highest BCUT2D eigenvalue weighted by molar-refractivity contribution is 6.28. The highest BCUT2D eigenvalue weighted by Crippen LogP contribution is 2.15. The Kier molecular flexibility index (Phi) is 3.43. The molecule has 0 spiro atoms. The summed E-state index contributed by atoms with van der Waals surface area (Å²) in [5.41, 5.74) is 5.53. The normalized spacial score (nSPS) is 10.5. The van der Waals surface area contributed by atoms with E-state index < -0.39 is 0 Å². The van der Waals surface area contributed by atoms with Gasteiger partial charge in [0.1, 0.15) is 5.76 Å². The van der Waals surface area contributed by atoms with Crippen molar-refractivity contribution >= 4 is 23.5 Å². The summed E-state index contributed by atoms with van der Waals surface area (Å²) in [6.45, 7) is 3.25. The molecule has 0 aliphatic rings. The van der Waals surface area contributed by atoms with Crippen molar-refractivity contribution in [1.82, 2.24) is 15.0 Å². The molecule has 0 fully saturated rings. The van der Waals surface area contributed by atoms with Gasteiger partial charge in [0.15, 0.2) is 0 Å². The lowest BCUT2D eigenvalue weighted by atomic mass is 10.4. The maximum atomic E-state index is 5.74. The van der Waals surface area contributed by atoms with Crippen molar-refractivity contribution in [2.24, 2.45) is 0 Å². The first-order valence-electron chi connectivity index (χ1n) is 5.13. The van der Waals surface area contributed by atoms with E-state index in [4.69, 9.17) is 21.8 Å². The van der Waals surface area contributed by atoms with Gasteiger partial charge in [0, 0.05) is 6.54 Å². The van der Waals surface area contributed by atoms with Crippen LogP contribution < -0.4 is 10.6 Å². The lowest BCUT2D eigenvalue weighted by molar-refractivity contribution is 0.501. The van der Waals surface area contributed by atoms with E-state index in [-0.39, 0.29) is 11.2 Å². The third-order valence-corrected chi connectivity index (χ3v) is 2.37. The number of nitrogens with two attached hydrogens (primary N) is 1. The van der Waals surface area contributed by atoms with E-state index in [2.05, 4.69) is 15.0 Å². The molecule has 0 bridgehead atoms. The molecule has 0 saturated carbocycles. The van der Waals surface area contributed by atoms with E-state index in [0.29, 0.717) is 19.0 Å². The molecule has 2 heterocycles. The van der Waals surface area contributed by atoms with Crippen LogP contribution in [0.5, 0.6) is 0 Å². The summed E-state index contributed by atoms with van der Waals surface area (Å²) in [5, 5.41) is 0.0883. The minimum Gasteiger partial charge on any atom is -0.467 e. The summed E-state index contributed by atoms with van der Waals surface area (Å²) < 4.78 is 5.27. The predicted molar refractivity (Wildman–Crippen MR) is 64.7 cm³/mol. The van der Waals surface area contributed by atoms with Gasteiger partial charge in [-0.1, -0.05) is 0 Å². The first kappa shape index (κ1) is 11.7. The molecule has 90 valence electrons. The van der Waals surface area contributed by atoms with Gasteiger partial charge in [-0.05, 0) is 30.7 Å². The average Bonchev–Trinajstić information content (AvgIpc) is 2.77. The minimum absolute atomic E-state index is 0.0883. The zero-order chi connectivity index (χ0) is 12.3. The van der Waals surface area contributed by atoms with Gasteiger partial charge < -0.3 is 15.1 Å². The Morgan fingerprint density at radius 1 is 1.41 bits per heavy atom. The second kappa shape index (κ2) is 5.01. The Morgan fingerprint density at radius 2 is 2.24 bits per heavy atom. The van der Waals surface area contributed by atoms with Crippen LogP contribution in [0.15, 0.2) is 22.8 Å². The molecule has 0 aliphatic carbocycles. The molecule has 2 N–H and O–H groups in total. The second-order valence-electron chi connectivity index (χ2n) is 3.36. The highest BCUT2D eigenvalue weighted by atomic mass is 35.5. The summed E-state index contributed by atoms with van der Waals surface area (Å²) >= 11 is 5.74. The number of halogens is 1. The third kappa shape index (κ3) is 2.85. The van der Waals surface area contributed by atoms with Crippen LogP contribution in [0.3, 0.4) is 0 Å². The van der Waals surface area contributed by atoms with E-state index >= 15 is 0 Å². The second-order valence-corrected chi connectivity index (χ2v) is 3.69. The fourth-order valence-corrected chi connectivity index (χ4v) is 1.57. The smallest absolute Gasteiger partial charge is 0.231 e. The van der Waals surface area contributed by atoms with Gasteiger partial charge in [0.05, 0.1) is 12.8 Å². The Hall–Kier alpha value is -1.82. The molecule has 0 atom stereocenters. The molecule has 0 unspecified atom stereocenters. The fraction of sp³-hybridized carbons (Fsp3) is 0.300. The van der Waals surface area contributed by atoms with Crippen LogP contribution in [-0.4, -0.2) is 21.5 Å². The number of rotatable bonds is 4. The molecule has 0 radical (unpaired) electrons. The van der Waals surface area contributed by atoms with Crippen molar-refractivity contribution in [1.29, 1.82) is 0 Å². The van der Waals surface area contributed by atoms with Crippen LogP contribution in [0.25, 0.3) is 0 Å². The monoisotopic (exact) mass is 253 g/mol. The van der Waals surface area contributed by atoms with E-state index in [1.807, 2.05) is 24.0 Å². The van der Waals surface area contributed by atoms with Crippen LogP contribution in [-0.2, 0) is 6.54 Å². The maximum absolute atomic E-state index is 5.74. The minimum atomic E-state index is 0.0883. The topological polar surface area (TPSA) is 81.1 Å². The average molecular weight is 254 g/mol. The van der Waals surface area contributed by atoms with Crippen LogP contribution in [0, 0.1) is 0 Å². The molecule has 17 heavy (non-hydrogen) atoms. The molecule has 0 amide bonds. The van der Waals surface area contributed by atoms with Crippen LogP contribution >= 0.6 is 11.6 Å². The Balaban J connectivity index is 2.22. The summed E-state index contributed by atoms with van der Waals surface area (Å²) in [6.07, 6.45) is 1.62. The number of anilines is 2. The Morgan fingerprint density at radius 3 is 2.82 bits per heavy atom. The van der Waals surface area contributed by atoms with Crippen LogP contribution in [0.1, 0.15) is 12.7 Å². The number of nitrogen functional groups attached to an aromatic ring is 1. The first-order chi connectivity index (χ1) is 8.19. The molecule has 0 aromatic carbocycles. The summed E-state index contributed by atoms with van der Waals surface area (Å²) in [7, 11) is 0. The summed E-state index contributed by atoms with van der Waals surface area (Å²) in [6, 6.07) is 3.72. The third-order valence-electron chi connectivity index (χ3n) is 2.20. The van der Waals surface area contributed by atoms with Crippen LogP contribution in [0.2, 0.25) is 5.28 Å². The molecular formula is C10H12ClN5O. The van der Waals surface area contributed by atoms with Gasteiger partial charge >= 0.3 is 0 Å². The SMILES string of the molecule is CCN(Cc1ccco1)c1nc(N)nc(Cl)n1. The maximum Gasteiger partial charge on any atom is 0.231 e. The molecule has 0 saturated heterocycles. The number of aromatic nitrogens is 3. The first-order valence-corrected chi connectivity index (χ1v) is 5.51. The van der Waals surface area contributed by atoms with Crippen molar-refractivity contribution in [3.63, 3.8) is 0 Å².